The second-order valence-electron chi connectivity index (χ2n) is 7.24. The van der Waals surface area contributed by atoms with Crippen LogP contribution in [0.4, 0.5) is 0 Å². The van der Waals surface area contributed by atoms with Gasteiger partial charge in [0.05, 0.1) is 7.11 Å². The van der Waals surface area contributed by atoms with Crippen LogP contribution in [-0.2, 0) is 0 Å². The summed E-state index contributed by atoms with van der Waals surface area (Å²) in [5.74, 6) is 3.89. The molecule has 0 unspecified atom stereocenters. The maximum atomic E-state index is 5.38. The highest BCUT2D eigenvalue weighted by Gasteiger charge is 2.29. The Balaban J connectivity index is 1.58. The molecule has 116 valence electrons. The summed E-state index contributed by atoms with van der Waals surface area (Å²) in [5.41, 5.74) is 2.82. The molecule has 1 aromatic rings. The first-order valence-electron chi connectivity index (χ1n) is 8.92. The first-order valence-corrected chi connectivity index (χ1v) is 8.92. The lowest BCUT2D eigenvalue weighted by atomic mass is 9.70. The number of hydrogen-bond donors (Lipinski definition) is 0. The zero-order chi connectivity index (χ0) is 14.7. The zero-order valence-corrected chi connectivity index (χ0v) is 13.7. The molecule has 0 bridgehead atoms. The van der Waals surface area contributed by atoms with Crippen LogP contribution < -0.4 is 4.74 Å². The van der Waals surface area contributed by atoms with Crippen LogP contribution in [0.1, 0.15) is 74.8 Å². The smallest absolute Gasteiger partial charge is 0.121 e. The van der Waals surface area contributed by atoms with Gasteiger partial charge in [0.2, 0.25) is 0 Å². The molecule has 1 aromatic carbocycles. The topological polar surface area (TPSA) is 9.23 Å². The Morgan fingerprint density at radius 3 is 2.14 bits per heavy atom. The molecule has 1 heteroatoms. The Morgan fingerprint density at radius 1 is 0.857 bits per heavy atom. The van der Waals surface area contributed by atoms with Crippen molar-refractivity contribution in [2.75, 3.05) is 7.11 Å². The van der Waals surface area contributed by atoms with Crippen LogP contribution in [-0.4, -0.2) is 7.11 Å². The molecule has 0 spiro atoms. The molecule has 0 aliphatic heterocycles. The van der Waals surface area contributed by atoms with E-state index in [1.165, 1.54) is 68.9 Å². The van der Waals surface area contributed by atoms with Crippen LogP contribution in [0.2, 0.25) is 0 Å². The third-order valence-electron chi connectivity index (χ3n) is 5.98. The predicted molar refractivity (Wildman–Crippen MR) is 89.0 cm³/mol. The van der Waals surface area contributed by atoms with Gasteiger partial charge < -0.3 is 4.74 Å². The quantitative estimate of drug-likeness (QED) is 0.676. The highest BCUT2D eigenvalue weighted by molar-refractivity contribution is 5.37. The van der Waals surface area contributed by atoms with E-state index < -0.39 is 0 Å². The molecule has 3 rings (SSSR count). The standard InChI is InChI=1S/C20H30O/c1-15-14-19(12-13-20(15)21-2)18-10-8-17(9-11-18)16-6-4-3-5-7-16/h12-14,16-18H,3-11H2,1-2H3. The summed E-state index contributed by atoms with van der Waals surface area (Å²) < 4.78 is 5.38. The molecule has 2 aliphatic rings. The van der Waals surface area contributed by atoms with E-state index in [2.05, 4.69) is 25.1 Å². The van der Waals surface area contributed by atoms with Crippen LogP contribution >= 0.6 is 0 Å². The van der Waals surface area contributed by atoms with Gasteiger partial charge in [0.1, 0.15) is 5.75 Å². The summed E-state index contributed by atoms with van der Waals surface area (Å²) in [6.07, 6.45) is 13.2. The number of aryl methyl sites for hydroxylation is 1. The Bertz CT molecular complexity index is 451. The van der Waals surface area contributed by atoms with Gasteiger partial charge in [0, 0.05) is 0 Å². The number of benzene rings is 1. The van der Waals surface area contributed by atoms with E-state index in [1.807, 2.05) is 0 Å². The number of methoxy groups -OCH3 is 1. The lowest BCUT2D eigenvalue weighted by molar-refractivity contribution is 0.186. The van der Waals surface area contributed by atoms with Gasteiger partial charge in [-0.1, -0.05) is 44.2 Å². The van der Waals surface area contributed by atoms with Crippen molar-refractivity contribution in [1.82, 2.24) is 0 Å². The lowest BCUT2D eigenvalue weighted by Gasteiger charge is -2.36. The lowest BCUT2D eigenvalue weighted by Crippen LogP contribution is -2.23. The average Bonchev–Trinajstić information content (AvgIpc) is 2.56. The van der Waals surface area contributed by atoms with E-state index in [-0.39, 0.29) is 0 Å². The zero-order valence-electron chi connectivity index (χ0n) is 13.7. The van der Waals surface area contributed by atoms with Crippen molar-refractivity contribution in [3.63, 3.8) is 0 Å². The first kappa shape index (κ1) is 14.9. The maximum absolute atomic E-state index is 5.38. The molecule has 21 heavy (non-hydrogen) atoms. The molecule has 0 amide bonds. The van der Waals surface area contributed by atoms with Gasteiger partial charge in [-0.15, -0.1) is 0 Å². The molecule has 1 nitrogen and oxygen atoms in total. The number of ether oxygens (including phenoxy) is 1. The SMILES string of the molecule is COc1ccc(C2CCC(C3CCCCC3)CC2)cc1C. The second kappa shape index (κ2) is 6.85. The van der Waals surface area contributed by atoms with Gasteiger partial charge in [0.15, 0.2) is 0 Å². The summed E-state index contributed by atoms with van der Waals surface area (Å²) in [6.45, 7) is 2.16. The molecule has 2 saturated carbocycles. The van der Waals surface area contributed by atoms with Gasteiger partial charge in [-0.25, -0.2) is 0 Å². The Morgan fingerprint density at radius 2 is 1.52 bits per heavy atom. The predicted octanol–water partition coefficient (Wildman–Crippen LogP) is 5.86. The van der Waals surface area contributed by atoms with Crippen molar-refractivity contribution in [3.8, 4) is 5.75 Å². The van der Waals surface area contributed by atoms with E-state index in [1.54, 1.807) is 7.11 Å². The summed E-state index contributed by atoms with van der Waals surface area (Å²) in [7, 11) is 1.76. The Hall–Kier alpha value is -0.980. The van der Waals surface area contributed by atoms with E-state index in [9.17, 15) is 0 Å². The molecule has 0 heterocycles. The molecule has 0 N–H and O–H groups in total. The molecular weight excluding hydrogens is 256 g/mol. The average molecular weight is 286 g/mol. The molecule has 2 aliphatic carbocycles. The van der Waals surface area contributed by atoms with Crippen LogP contribution in [0.3, 0.4) is 0 Å². The summed E-state index contributed by atoms with van der Waals surface area (Å²) in [5, 5.41) is 0. The van der Waals surface area contributed by atoms with Crippen LogP contribution in [0.5, 0.6) is 5.75 Å². The monoisotopic (exact) mass is 286 g/mol. The van der Waals surface area contributed by atoms with E-state index >= 15 is 0 Å². The Kier molecular flexibility index (Phi) is 4.87. The van der Waals surface area contributed by atoms with Crippen molar-refractivity contribution in [2.24, 2.45) is 11.8 Å². The Labute approximate surface area is 130 Å². The molecule has 2 fully saturated rings. The number of rotatable bonds is 3. The largest absolute Gasteiger partial charge is 0.496 e. The third-order valence-corrected chi connectivity index (χ3v) is 5.98. The van der Waals surface area contributed by atoms with Gasteiger partial charge in [-0.05, 0) is 67.6 Å². The van der Waals surface area contributed by atoms with Gasteiger partial charge in [-0.2, -0.15) is 0 Å². The third kappa shape index (κ3) is 3.44. The van der Waals surface area contributed by atoms with Crippen molar-refractivity contribution >= 4 is 0 Å². The minimum Gasteiger partial charge on any atom is -0.496 e. The minimum atomic E-state index is 0.787. The van der Waals surface area contributed by atoms with Crippen molar-refractivity contribution in [1.29, 1.82) is 0 Å². The summed E-state index contributed by atoms with van der Waals surface area (Å²) >= 11 is 0. The van der Waals surface area contributed by atoms with Crippen LogP contribution in [0, 0.1) is 18.8 Å². The minimum absolute atomic E-state index is 0.787. The normalized spacial score (nSPS) is 27.5. The molecular formula is C20H30O. The highest BCUT2D eigenvalue weighted by Crippen LogP contribution is 2.43. The molecule has 0 aromatic heterocycles. The molecule has 0 atom stereocenters. The van der Waals surface area contributed by atoms with Gasteiger partial charge >= 0.3 is 0 Å². The van der Waals surface area contributed by atoms with Crippen molar-refractivity contribution in [3.05, 3.63) is 29.3 Å². The summed E-state index contributed by atoms with van der Waals surface area (Å²) in [4.78, 5) is 0. The fourth-order valence-electron chi connectivity index (χ4n) is 4.69. The van der Waals surface area contributed by atoms with Crippen molar-refractivity contribution in [2.45, 2.75) is 70.6 Å². The fraction of sp³-hybridized carbons (Fsp3) is 0.700. The highest BCUT2D eigenvalue weighted by atomic mass is 16.5. The second-order valence-corrected chi connectivity index (χ2v) is 7.24. The van der Waals surface area contributed by atoms with E-state index in [0.717, 1.165) is 23.5 Å². The summed E-state index contributed by atoms with van der Waals surface area (Å²) in [6, 6.07) is 6.79. The van der Waals surface area contributed by atoms with E-state index in [4.69, 9.17) is 4.74 Å². The van der Waals surface area contributed by atoms with Crippen LogP contribution in [0.25, 0.3) is 0 Å². The molecule has 0 saturated heterocycles. The maximum Gasteiger partial charge on any atom is 0.121 e. The number of hydrogen-bond acceptors (Lipinski definition) is 1. The van der Waals surface area contributed by atoms with Crippen LogP contribution in [0.15, 0.2) is 18.2 Å². The van der Waals surface area contributed by atoms with Gasteiger partial charge in [-0.3, -0.25) is 0 Å². The molecule has 0 radical (unpaired) electrons. The van der Waals surface area contributed by atoms with Gasteiger partial charge in [0.25, 0.3) is 0 Å². The van der Waals surface area contributed by atoms with E-state index in [0.29, 0.717) is 0 Å². The van der Waals surface area contributed by atoms with Crippen molar-refractivity contribution < 1.29 is 4.74 Å². The fourth-order valence-corrected chi connectivity index (χ4v) is 4.69. The first-order chi connectivity index (χ1) is 10.3.